The van der Waals surface area contributed by atoms with Crippen LogP contribution in [-0.4, -0.2) is 36.0 Å². The first-order chi connectivity index (χ1) is 7.50. The van der Waals surface area contributed by atoms with E-state index in [2.05, 4.69) is 37.9 Å². The van der Waals surface area contributed by atoms with Crippen LogP contribution in [-0.2, 0) is 4.79 Å². The van der Waals surface area contributed by atoms with Gasteiger partial charge in [0.2, 0.25) is 5.91 Å². The average molecular weight is 226 g/mol. The highest BCUT2D eigenvalue weighted by Gasteiger charge is 2.31. The fourth-order valence-corrected chi connectivity index (χ4v) is 1.69. The van der Waals surface area contributed by atoms with Gasteiger partial charge in [-0.25, -0.2) is 0 Å². The molecule has 1 amide bonds. The number of rotatable bonds is 7. The molecule has 3 heteroatoms. The Morgan fingerprint density at radius 1 is 1.31 bits per heavy atom. The number of amides is 1. The summed E-state index contributed by atoms with van der Waals surface area (Å²) in [6, 6.07) is 0.926. The molecule has 0 atom stereocenters. The summed E-state index contributed by atoms with van der Waals surface area (Å²) in [4.78, 5) is 14.1. The van der Waals surface area contributed by atoms with Crippen LogP contribution in [0.4, 0.5) is 0 Å². The molecule has 0 aromatic heterocycles. The summed E-state index contributed by atoms with van der Waals surface area (Å²) in [6.07, 6.45) is 3.51. The summed E-state index contributed by atoms with van der Waals surface area (Å²) in [6.45, 7) is 9.99. The minimum absolute atomic E-state index is 0.275. The van der Waals surface area contributed by atoms with Crippen molar-refractivity contribution in [3.63, 3.8) is 0 Å². The molecule has 0 aromatic carbocycles. The van der Waals surface area contributed by atoms with E-state index in [4.69, 9.17) is 0 Å². The number of nitrogens with zero attached hydrogens (tertiary/aromatic N) is 1. The fourth-order valence-electron chi connectivity index (χ4n) is 1.69. The predicted octanol–water partition coefficient (Wildman–Crippen LogP) is 2.02. The lowest BCUT2D eigenvalue weighted by atomic mass is 10.1. The molecule has 1 N–H and O–H groups in total. The molecule has 0 aromatic rings. The molecule has 0 aliphatic heterocycles. The molecule has 94 valence electrons. The van der Waals surface area contributed by atoms with E-state index in [9.17, 15) is 4.79 Å². The van der Waals surface area contributed by atoms with Crippen LogP contribution in [0.15, 0.2) is 0 Å². The standard InChI is InChI=1S/C13H26N2O/c1-10(2)7-8-15(12-5-6-12)13(16)9-14-11(3)4/h10-12,14H,5-9H2,1-4H3. The van der Waals surface area contributed by atoms with Crippen LogP contribution in [0.3, 0.4) is 0 Å². The smallest absolute Gasteiger partial charge is 0.236 e. The van der Waals surface area contributed by atoms with E-state index in [1.807, 2.05) is 0 Å². The maximum absolute atomic E-state index is 12.0. The van der Waals surface area contributed by atoms with Crippen LogP contribution in [0.1, 0.15) is 47.0 Å². The highest BCUT2D eigenvalue weighted by Crippen LogP contribution is 2.27. The molecular weight excluding hydrogens is 200 g/mol. The van der Waals surface area contributed by atoms with E-state index in [1.54, 1.807) is 0 Å². The van der Waals surface area contributed by atoms with Gasteiger partial charge in [-0.2, -0.15) is 0 Å². The minimum Gasteiger partial charge on any atom is -0.339 e. The van der Waals surface area contributed by atoms with Crippen molar-refractivity contribution in [1.82, 2.24) is 10.2 Å². The molecule has 1 saturated carbocycles. The van der Waals surface area contributed by atoms with E-state index in [1.165, 1.54) is 12.8 Å². The van der Waals surface area contributed by atoms with Crippen LogP contribution in [0.5, 0.6) is 0 Å². The summed E-state index contributed by atoms with van der Waals surface area (Å²) in [7, 11) is 0. The van der Waals surface area contributed by atoms with Crippen molar-refractivity contribution in [1.29, 1.82) is 0 Å². The van der Waals surface area contributed by atoms with Gasteiger partial charge in [-0.1, -0.05) is 27.7 Å². The second-order valence-corrected chi connectivity index (χ2v) is 5.54. The Kier molecular flexibility index (Phi) is 5.26. The van der Waals surface area contributed by atoms with Crippen LogP contribution >= 0.6 is 0 Å². The molecule has 0 heterocycles. The van der Waals surface area contributed by atoms with E-state index < -0.39 is 0 Å². The Morgan fingerprint density at radius 3 is 2.38 bits per heavy atom. The zero-order valence-electron chi connectivity index (χ0n) is 11.1. The third-order valence-corrected chi connectivity index (χ3v) is 2.92. The topological polar surface area (TPSA) is 32.3 Å². The largest absolute Gasteiger partial charge is 0.339 e. The lowest BCUT2D eigenvalue weighted by molar-refractivity contribution is -0.131. The number of hydrogen-bond donors (Lipinski definition) is 1. The van der Waals surface area contributed by atoms with Crippen LogP contribution in [0, 0.1) is 5.92 Å². The lowest BCUT2D eigenvalue weighted by Crippen LogP contribution is -2.42. The summed E-state index contributed by atoms with van der Waals surface area (Å²) in [5.41, 5.74) is 0. The van der Waals surface area contributed by atoms with Crippen molar-refractivity contribution in [3.8, 4) is 0 Å². The van der Waals surface area contributed by atoms with Gasteiger partial charge in [0.1, 0.15) is 0 Å². The van der Waals surface area contributed by atoms with Crippen molar-refractivity contribution >= 4 is 5.91 Å². The lowest BCUT2D eigenvalue weighted by Gasteiger charge is -2.24. The maximum Gasteiger partial charge on any atom is 0.236 e. The fraction of sp³-hybridized carbons (Fsp3) is 0.923. The quantitative estimate of drug-likeness (QED) is 0.720. The minimum atomic E-state index is 0.275. The first-order valence-electron chi connectivity index (χ1n) is 6.53. The normalized spacial score (nSPS) is 15.9. The number of nitrogens with one attached hydrogen (secondary N) is 1. The van der Waals surface area contributed by atoms with E-state index in [0.717, 1.165) is 13.0 Å². The molecule has 0 bridgehead atoms. The highest BCUT2D eigenvalue weighted by molar-refractivity contribution is 5.78. The molecule has 1 aliphatic carbocycles. The molecule has 0 spiro atoms. The Hall–Kier alpha value is -0.570. The molecule has 0 radical (unpaired) electrons. The maximum atomic E-state index is 12.0. The summed E-state index contributed by atoms with van der Waals surface area (Å²) < 4.78 is 0. The van der Waals surface area contributed by atoms with Crippen LogP contribution in [0.25, 0.3) is 0 Å². The van der Waals surface area contributed by atoms with E-state index in [0.29, 0.717) is 24.5 Å². The predicted molar refractivity (Wildman–Crippen MR) is 67.3 cm³/mol. The zero-order valence-corrected chi connectivity index (χ0v) is 11.1. The molecule has 16 heavy (non-hydrogen) atoms. The van der Waals surface area contributed by atoms with Gasteiger partial charge in [-0.05, 0) is 25.2 Å². The summed E-state index contributed by atoms with van der Waals surface area (Å²) in [5.74, 6) is 0.948. The third-order valence-electron chi connectivity index (χ3n) is 2.92. The molecular formula is C13H26N2O. The van der Waals surface area contributed by atoms with Gasteiger partial charge in [0, 0.05) is 18.6 Å². The highest BCUT2D eigenvalue weighted by atomic mass is 16.2. The summed E-state index contributed by atoms with van der Waals surface area (Å²) >= 11 is 0. The van der Waals surface area contributed by atoms with Gasteiger partial charge < -0.3 is 10.2 Å². The van der Waals surface area contributed by atoms with Crippen molar-refractivity contribution in [2.45, 2.75) is 59.0 Å². The van der Waals surface area contributed by atoms with Gasteiger partial charge >= 0.3 is 0 Å². The van der Waals surface area contributed by atoms with Crippen LogP contribution < -0.4 is 5.32 Å². The molecule has 0 saturated heterocycles. The van der Waals surface area contributed by atoms with E-state index in [-0.39, 0.29) is 5.91 Å². The first kappa shape index (κ1) is 13.5. The van der Waals surface area contributed by atoms with E-state index >= 15 is 0 Å². The number of carbonyl (C=O) groups excluding carboxylic acids is 1. The Balaban J connectivity index is 2.33. The molecule has 1 aliphatic rings. The third kappa shape index (κ3) is 4.97. The monoisotopic (exact) mass is 226 g/mol. The Labute approximate surface area is 99.6 Å². The van der Waals surface area contributed by atoms with Crippen molar-refractivity contribution < 1.29 is 4.79 Å². The van der Waals surface area contributed by atoms with Gasteiger partial charge in [0.05, 0.1) is 6.54 Å². The second kappa shape index (κ2) is 6.24. The van der Waals surface area contributed by atoms with Crippen molar-refractivity contribution in [2.24, 2.45) is 5.92 Å². The van der Waals surface area contributed by atoms with Gasteiger partial charge in [0.15, 0.2) is 0 Å². The average Bonchev–Trinajstić information content (AvgIpc) is 2.98. The van der Waals surface area contributed by atoms with Gasteiger partial charge in [0.25, 0.3) is 0 Å². The van der Waals surface area contributed by atoms with Crippen molar-refractivity contribution in [3.05, 3.63) is 0 Å². The Bertz CT molecular complexity index is 222. The molecule has 0 unspecified atom stereocenters. The second-order valence-electron chi connectivity index (χ2n) is 5.54. The first-order valence-corrected chi connectivity index (χ1v) is 6.53. The Morgan fingerprint density at radius 2 is 1.94 bits per heavy atom. The molecule has 3 nitrogen and oxygen atoms in total. The van der Waals surface area contributed by atoms with Crippen molar-refractivity contribution in [2.75, 3.05) is 13.1 Å². The van der Waals surface area contributed by atoms with Crippen LogP contribution in [0.2, 0.25) is 0 Å². The van der Waals surface area contributed by atoms with Gasteiger partial charge in [-0.3, -0.25) is 4.79 Å². The SMILES string of the molecule is CC(C)CCN(C(=O)CNC(C)C)C1CC1. The van der Waals surface area contributed by atoms with Gasteiger partial charge in [-0.15, -0.1) is 0 Å². The number of hydrogen-bond acceptors (Lipinski definition) is 2. The summed E-state index contributed by atoms with van der Waals surface area (Å²) in [5, 5.41) is 3.20. The molecule has 1 rings (SSSR count). The molecule has 1 fully saturated rings. The zero-order chi connectivity index (χ0) is 12.1. The number of carbonyl (C=O) groups is 1.